The van der Waals surface area contributed by atoms with Crippen LogP contribution in [-0.4, -0.2) is 22.0 Å². The number of phenolic OH excluding ortho intramolecular Hbond substituents is 1. The third kappa shape index (κ3) is 4.07. The molecule has 23 heavy (non-hydrogen) atoms. The van der Waals surface area contributed by atoms with Gasteiger partial charge >= 0.3 is 0 Å². The number of benzene rings is 1. The Balaban J connectivity index is 2.31. The maximum absolute atomic E-state index is 12.1. The standard InChI is InChI=1S/C15H14BrN3O4/c16-13-7-12(19(22)23)6-9(14(13)20)5-10(8-17)15(21)18-11-3-1-2-4-11/h5-7,11,20H,1-4H2,(H,18,21)/b10-5-. The van der Waals surface area contributed by atoms with E-state index in [0.29, 0.717) is 0 Å². The predicted octanol–water partition coefficient (Wildman–Crippen LogP) is 3.03. The molecule has 0 aromatic heterocycles. The number of nitrogens with zero attached hydrogens (tertiary/aromatic N) is 2. The van der Waals surface area contributed by atoms with Gasteiger partial charge in [0.15, 0.2) is 0 Å². The van der Waals surface area contributed by atoms with E-state index >= 15 is 0 Å². The number of rotatable bonds is 4. The van der Waals surface area contributed by atoms with Gasteiger partial charge < -0.3 is 10.4 Å². The van der Waals surface area contributed by atoms with Crippen molar-refractivity contribution in [3.05, 3.63) is 37.9 Å². The zero-order valence-electron chi connectivity index (χ0n) is 12.1. The number of carbonyl (C=O) groups excluding carboxylic acids is 1. The second-order valence-electron chi connectivity index (χ2n) is 5.25. The Morgan fingerprint density at radius 3 is 2.70 bits per heavy atom. The van der Waals surface area contributed by atoms with Gasteiger partial charge in [0, 0.05) is 23.7 Å². The molecular formula is C15H14BrN3O4. The molecule has 2 N–H and O–H groups in total. The lowest BCUT2D eigenvalue weighted by Crippen LogP contribution is -2.33. The molecule has 1 aliphatic carbocycles. The number of carbonyl (C=O) groups is 1. The average Bonchev–Trinajstić information content (AvgIpc) is 3.01. The molecule has 0 aliphatic heterocycles. The monoisotopic (exact) mass is 379 g/mol. The Bertz CT molecular complexity index is 718. The number of amides is 1. The van der Waals surface area contributed by atoms with Crippen LogP contribution in [-0.2, 0) is 4.79 Å². The van der Waals surface area contributed by atoms with Gasteiger partial charge in [-0.15, -0.1) is 0 Å². The molecule has 0 heterocycles. The van der Waals surface area contributed by atoms with E-state index in [1.54, 1.807) is 6.07 Å². The summed E-state index contributed by atoms with van der Waals surface area (Å²) in [5, 5.41) is 32.8. The lowest BCUT2D eigenvalue weighted by atomic mass is 10.1. The molecule has 0 atom stereocenters. The van der Waals surface area contributed by atoms with Crippen LogP contribution in [0.2, 0.25) is 0 Å². The topological polar surface area (TPSA) is 116 Å². The van der Waals surface area contributed by atoms with Crippen molar-refractivity contribution in [2.24, 2.45) is 0 Å². The van der Waals surface area contributed by atoms with E-state index in [0.717, 1.165) is 43.9 Å². The van der Waals surface area contributed by atoms with Crippen LogP contribution in [0.5, 0.6) is 5.75 Å². The van der Waals surface area contributed by atoms with E-state index in [1.165, 1.54) is 0 Å². The molecule has 1 amide bonds. The van der Waals surface area contributed by atoms with Crippen LogP contribution in [0.15, 0.2) is 22.2 Å². The number of nitrogens with one attached hydrogen (secondary N) is 1. The molecule has 0 saturated heterocycles. The Morgan fingerprint density at radius 1 is 1.48 bits per heavy atom. The van der Waals surface area contributed by atoms with Crippen molar-refractivity contribution < 1.29 is 14.8 Å². The van der Waals surface area contributed by atoms with Gasteiger partial charge in [-0.3, -0.25) is 14.9 Å². The van der Waals surface area contributed by atoms with Gasteiger partial charge in [0.2, 0.25) is 0 Å². The lowest BCUT2D eigenvalue weighted by molar-refractivity contribution is -0.385. The zero-order valence-corrected chi connectivity index (χ0v) is 13.7. The van der Waals surface area contributed by atoms with E-state index in [4.69, 9.17) is 5.26 Å². The van der Waals surface area contributed by atoms with Crippen molar-refractivity contribution in [3.8, 4) is 11.8 Å². The first-order valence-electron chi connectivity index (χ1n) is 7.02. The molecule has 2 rings (SSSR count). The second-order valence-corrected chi connectivity index (χ2v) is 6.10. The molecule has 0 spiro atoms. The van der Waals surface area contributed by atoms with Crippen LogP contribution in [0.3, 0.4) is 0 Å². The van der Waals surface area contributed by atoms with Gasteiger partial charge in [-0.05, 0) is 34.8 Å². The third-order valence-electron chi connectivity index (χ3n) is 3.64. The van der Waals surface area contributed by atoms with Crippen molar-refractivity contribution in [1.29, 1.82) is 5.26 Å². The van der Waals surface area contributed by atoms with Crippen molar-refractivity contribution >= 4 is 33.6 Å². The number of non-ortho nitro benzene ring substituents is 1. The van der Waals surface area contributed by atoms with Gasteiger partial charge in [-0.1, -0.05) is 12.8 Å². The smallest absolute Gasteiger partial charge is 0.271 e. The summed E-state index contributed by atoms with van der Waals surface area (Å²) < 4.78 is 0.117. The van der Waals surface area contributed by atoms with Crippen LogP contribution < -0.4 is 5.32 Å². The number of phenols is 1. The van der Waals surface area contributed by atoms with Gasteiger partial charge in [0.25, 0.3) is 11.6 Å². The molecule has 7 nitrogen and oxygen atoms in total. The van der Waals surface area contributed by atoms with Gasteiger partial charge in [0.05, 0.1) is 9.40 Å². The SMILES string of the molecule is N#C/C(=C/c1cc([N+](=O)[O-])cc(Br)c1O)C(=O)NC1CCCC1. The van der Waals surface area contributed by atoms with E-state index in [9.17, 15) is 20.0 Å². The number of nitriles is 1. The highest BCUT2D eigenvalue weighted by Crippen LogP contribution is 2.34. The highest BCUT2D eigenvalue weighted by molar-refractivity contribution is 9.10. The maximum Gasteiger partial charge on any atom is 0.271 e. The van der Waals surface area contributed by atoms with Crippen molar-refractivity contribution in [1.82, 2.24) is 5.32 Å². The number of nitro groups is 1. The number of nitro benzene ring substituents is 1. The van der Waals surface area contributed by atoms with Gasteiger partial charge in [-0.2, -0.15) is 5.26 Å². The minimum atomic E-state index is -0.619. The fourth-order valence-corrected chi connectivity index (χ4v) is 2.92. The molecule has 1 aromatic rings. The zero-order chi connectivity index (χ0) is 17.0. The summed E-state index contributed by atoms with van der Waals surface area (Å²) in [5.74, 6) is -0.807. The number of aromatic hydroxyl groups is 1. The van der Waals surface area contributed by atoms with Crippen molar-refractivity contribution in [2.45, 2.75) is 31.7 Å². The van der Waals surface area contributed by atoms with Gasteiger partial charge in [-0.25, -0.2) is 0 Å². The Kier molecular flexibility index (Phi) is 5.34. The van der Waals surface area contributed by atoms with Crippen molar-refractivity contribution in [2.75, 3.05) is 0 Å². The molecule has 1 saturated carbocycles. The van der Waals surface area contributed by atoms with E-state index in [-0.39, 0.29) is 33.1 Å². The molecular weight excluding hydrogens is 366 g/mol. The molecule has 1 fully saturated rings. The molecule has 1 aliphatic rings. The van der Waals surface area contributed by atoms with Crippen LogP contribution >= 0.6 is 15.9 Å². The fraction of sp³-hybridized carbons (Fsp3) is 0.333. The molecule has 120 valence electrons. The first-order valence-corrected chi connectivity index (χ1v) is 7.81. The predicted molar refractivity (Wildman–Crippen MR) is 86.4 cm³/mol. The molecule has 0 radical (unpaired) electrons. The van der Waals surface area contributed by atoms with Crippen LogP contribution in [0, 0.1) is 21.4 Å². The summed E-state index contributed by atoms with van der Waals surface area (Å²) in [5.41, 5.74) is -0.432. The summed E-state index contributed by atoms with van der Waals surface area (Å²) in [4.78, 5) is 22.4. The van der Waals surface area contributed by atoms with E-state index in [1.807, 2.05) is 0 Å². The Labute approximate surface area is 140 Å². The van der Waals surface area contributed by atoms with E-state index < -0.39 is 10.8 Å². The molecule has 1 aromatic carbocycles. The second kappa shape index (κ2) is 7.24. The number of hydrogen-bond donors (Lipinski definition) is 2. The fourth-order valence-electron chi connectivity index (χ4n) is 2.46. The summed E-state index contributed by atoms with van der Waals surface area (Å²) in [6.07, 6.45) is 4.97. The highest BCUT2D eigenvalue weighted by Gasteiger charge is 2.20. The van der Waals surface area contributed by atoms with Crippen LogP contribution in [0.4, 0.5) is 5.69 Å². The summed E-state index contributed by atoms with van der Waals surface area (Å²) in [6.45, 7) is 0. The summed E-state index contributed by atoms with van der Waals surface area (Å²) in [6, 6.07) is 4.08. The first kappa shape index (κ1) is 17.0. The van der Waals surface area contributed by atoms with Crippen LogP contribution in [0.1, 0.15) is 31.2 Å². The minimum absolute atomic E-state index is 0.0317. The molecule has 0 unspecified atom stereocenters. The molecule has 8 heteroatoms. The van der Waals surface area contributed by atoms with E-state index in [2.05, 4.69) is 21.2 Å². The minimum Gasteiger partial charge on any atom is -0.506 e. The normalized spacial score (nSPS) is 15.2. The number of halogens is 1. The summed E-state index contributed by atoms with van der Waals surface area (Å²) >= 11 is 3.02. The largest absolute Gasteiger partial charge is 0.506 e. The van der Waals surface area contributed by atoms with Crippen molar-refractivity contribution in [3.63, 3.8) is 0 Å². The lowest BCUT2D eigenvalue weighted by Gasteiger charge is -2.11. The molecule has 0 bridgehead atoms. The Morgan fingerprint density at radius 2 is 2.13 bits per heavy atom. The van der Waals surface area contributed by atoms with Gasteiger partial charge in [0.1, 0.15) is 17.4 Å². The average molecular weight is 380 g/mol. The van der Waals surface area contributed by atoms with Crippen LogP contribution in [0.25, 0.3) is 6.08 Å². The summed E-state index contributed by atoms with van der Waals surface area (Å²) in [7, 11) is 0. The third-order valence-corrected chi connectivity index (χ3v) is 4.25. The highest BCUT2D eigenvalue weighted by atomic mass is 79.9. The quantitative estimate of drug-likeness (QED) is 0.361. The maximum atomic E-state index is 12.1. The number of hydrogen-bond acceptors (Lipinski definition) is 5. The Hall–Kier alpha value is -2.40. The first-order chi connectivity index (χ1) is 10.9.